The van der Waals surface area contributed by atoms with Crippen molar-refractivity contribution in [3.63, 3.8) is 0 Å². The molecule has 0 fully saturated rings. The van der Waals surface area contributed by atoms with Gasteiger partial charge in [0.2, 0.25) is 0 Å². The van der Waals surface area contributed by atoms with Gasteiger partial charge in [0.1, 0.15) is 5.69 Å². The summed E-state index contributed by atoms with van der Waals surface area (Å²) in [4.78, 5) is 16.2. The number of nitrogens with zero attached hydrogens (tertiary/aromatic N) is 2. The van der Waals surface area contributed by atoms with Gasteiger partial charge in [0.15, 0.2) is 5.96 Å². The molecule has 4 rings (SSSR count). The van der Waals surface area contributed by atoms with Gasteiger partial charge < -0.3 is 10.3 Å². The standard InChI is InChI=1S/C20H14F3N5O.ClH/c21-20(22,23)17-9-16(12-6-1-3-7-14(12)26-17)28-10-13(18(29)27-19(24)25)11-5-2-4-8-15(11)28;/h1-10H,(H4,24,25,27,29);1H. The Labute approximate surface area is 174 Å². The summed E-state index contributed by atoms with van der Waals surface area (Å²) in [6, 6.07) is 14.3. The first-order valence-corrected chi connectivity index (χ1v) is 8.48. The maximum atomic E-state index is 13.4. The summed E-state index contributed by atoms with van der Waals surface area (Å²) in [7, 11) is 0. The van der Waals surface area contributed by atoms with Crippen molar-refractivity contribution in [1.29, 1.82) is 5.41 Å². The molecule has 4 aromatic rings. The number of hydrogen-bond acceptors (Lipinski definition) is 3. The van der Waals surface area contributed by atoms with Crippen LogP contribution in [0.15, 0.2) is 60.8 Å². The first-order chi connectivity index (χ1) is 13.8. The Bertz CT molecular complexity index is 1280. The van der Waals surface area contributed by atoms with Crippen molar-refractivity contribution in [2.24, 2.45) is 5.73 Å². The van der Waals surface area contributed by atoms with Crippen LogP contribution in [0.2, 0.25) is 0 Å². The van der Waals surface area contributed by atoms with Crippen molar-refractivity contribution in [3.8, 4) is 5.69 Å². The fraction of sp³-hybridized carbons (Fsp3) is 0.0500. The zero-order valence-electron chi connectivity index (χ0n) is 15.2. The Kier molecular flexibility index (Phi) is 5.41. The molecule has 0 unspecified atom stereocenters. The Hall–Kier alpha value is -3.59. The number of nitrogens with one attached hydrogen (secondary N) is 2. The molecule has 2 aromatic heterocycles. The SMILES string of the molecule is Cl.N=C(N)NC(=O)c1cn(-c2cc(C(F)(F)F)nc3ccccc23)c2ccccc12. The molecule has 1 amide bonds. The van der Waals surface area contributed by atoms with E-state index < -0.39 is 23.7 Å². The number of pyridine rings is 1. The number of rotatable bonds is 2. The summed E-state index contributed by atoms with van der Waals surface area (Å²) in [6.07, 6.45) is -3.19. The van der Waals surface area contributed by atoms with Crippen LogP contribution < -0.4 is 11.1 Å². The molecule has 0 radical (unpaired) electrons. The number of halogens is 4. The second-order valence-electron chi connectivity index (χ2n) is 6.34. The van der Waals surface area contributed by atoms with Gasteiger partial charge in [0.05, 0.1) is 22.3 Å². The summed E-state index contributed by atoms with van der Waals surface area (Å²) < 4.78 is 41.8. The predicted molar refractivity (Wildman–Crippen MR) is 110 cm³/mol. The molecule has 10 heteroatoms. The smallest absolute Gasteiger partial charge is 0.370 e. The van der Waals surface area contributed by atoms with Crippen molar-refractivity contribution in [1.82, 2.24) is 14.9 Å². The van der Waals surface area contributed by atoms with Gasteiger partial charge in [-0.3, -0.25) is 15.5 Å². The molecule has 0 saturated carbocycles. The lowest BCUT2D eigenvalue weighted by atomic mass is 10.1. The van der Waals surface area contributed by atoms with Gasteiger partial charge in [-0.2, -0.15) is 13.2 Å². The highest BCUT2D eigenvalue weighted by Crippen LogP contribution is 2.34. The molecule has 0 aliphatic rings. The lowest BCUT2D eigenvalue weighted by molar-refractivity contribution is -0.140. The number of amides is 1. The van der Waals surface area contributed by atoms with Crippen molar-refractivity contribution in [2.45, 2.75) is 6.18 Å². The molecule has 0 saturated heterocycles. The van der Waals surface area contributed by atoms with Crippen LogP contribution in [0.5, 0.6) is 0 Å². The van der Waals surface area contributed by atoms with Gasteiger partial charge in [0, 0.05) is 17.0 Å². The van der Waals surface area contributed by atoms with Crippen LogP contribution in [0, 0.1) is 5.41 Å². The van der Waals surface area contributed by atoms with Crippen molar-refractivity contribution >= 4 is 46.1 Å². The molecule has 4 N–H and O–H groups in total. The number of alkyl halides is 3. The molecular weight excluding hydrogens is 419 g/mol. The van der Waals surface area contributed by atoms with Gasteiger partial charge in [-0.15, -0.1) is 12.4 Å². The van der Waals surface area contributed by atoms with E-state index in [0.29, 0.717) is 16.3 Å². The average Bonchev–Trinajstić information content (AvgIpc) is 3.05. The van der Waals surface area contributed by atoms with Crippen LogP contribution in [-0.4, -0.2) is 21.4 Å². The van der Waals surface area contributed by atoms with Gasteiger partial charge >= 0.3 is 6.18 Å². The van der Waals surface area contributed by atoms with Crippen molar-refractivity contribution in [2.75, 3.05) is 0 Å². The summed E-state index contributed by atoms with van der Waals surface area (Å²) >= 11 is 0. The fourth-order valence-electron chi connectivity index (χ4n) is 3.25. The fourth-order valence-corrected chi connectivity index (χ4v) is 3.25. The zero-order valence-corrected chi connectivity index (χ0v) is 16.0. The normalized spacial score (nSPS) is 11.3. The van der Waals surface area contributed by atoms with Crippen LogP contribution in [0.25, 0.3) is 27.5 Å². The lowest BCUT2D eigenvalue weighted by Gasteiger charge is -2.13. The minimum absolute atomic E-state index is 0. The van der Waals surface area contributed by atoms with Crippen molar-refractivity contribution in [3.05, 3.63) is 72.1 Å². The second-order valence-corrected chi connectivity index (χ2v) is 6.34. The Balaban J connectivity index is 0.00000256. The third-order valence-electron chi connectivity index (χ3n) is 4.45. The van der Waals surface area contributed by atoms with Crippen molar-refractivity contribution < 1.29 is 18.0 Å². The molecule has 0 spiro atoms. The highest BCUT2D eigenvalue weighted by atomic mass is 35.5. The van der Waals surface area contributed by atoms with Gasteiger partial charge in [0.25, 0.3) is 5.91 Å². The Morgan fingerprint density at radius 3 is 2.37 bits per heavy atom. The minimum atomic E-state index is -4.63. The van der Waals surface area contributed by atoms with E-state index in [4.69, 9.17) is 11.1 Å². The van der Waals surface area contributed by atoms with Crippen LogP contribution >= 0.6 is 12.4 Å². The number of aromatic nitrogens is 2. The average molecular weight is 434 g/mol. The number of carbonyl (C=O) groups excluding carboxylic acids is 1. The van der Waals surface area contributed by atoms with E-state index in [9.17, 15) is 18.0 Å². The third-order valence-corrected chi connectivity index (χ3v) is 4.45. The van der Waals surface area contributed by atoms with Crippen LogP contribution in [0.1, 0.15) is 16.1 Å². The number of carbonyl (C=O) groups is 1. The molecule has 30 heavy (non-hydrogen) atoms. The predicted octanol–water partition coefficient (Wildman–Crippen LogP) is 4.24. The van der Waals surface area contributed by atoms with E-state index in [0.717, 1.165) is 6.07 Å². The van der Waals surface area contributed by atoms with E-state index in [2.05, 4.69) is 10.3 Å². The molecule has 154 valence electrons. The minimum Gasteiger partial charge on any atom is -0.370 e. The quantitative estimate of drug-likeness (QED) is 0.326. The van der Waals surface area contributed by atoms with Crippen LogP contribution in [-0.2, 0) is 6.18 Å². The maximum Gasteiger partial charge on any atom is 0.433 e. The largest absolute Gasteiger partial charge is 0.433 e. The summed E-state index contributed by atoms with van der Waals surface area (Å²) in [5, 5.41) is 10.5. The second kappa shape index (κ2) is 7.68. The lowest BCUT2D eigenvalue weighted by Crippen LogP contribution is -2.35. The zero-order chi connectivity index (χ0) is 20.8. The molecule has 0 atom stereocenters. The Morgan fingerprint density at radius 1 is 1.07 bits per heavy atom. The van der Waals surface area contributed by atoms with E-state index in [1.54, 1.807) is 42.5 Å². The number of fused-ring (bicyclic) bond motifs is 2. The topological polar surface area (TPSA) is 96.8 Å². The molecule has 6 nitrogen and oxygen atoms in total. The van der Waals surface area contributed by atoms with E-state index in [-0.39, 0.29) is 29.2 Å². The highest BCUT2D eigenvalue weighted by Gasteiger charge is 2.33. The maximum absolute atomic E-state index is 13.4. The van der Waals surface area contributed by atoms with Crippen LogP contribution in [0.3, 0.4) is 0 Å². The summed E-state index contributed by atoms with van der Waals surface area (Å²) in [5.41, 5.74) is 5.36. The third kappa shape index (κ3) is 3.67. The number of nitrogens with two attached hydrogens (primary N) is 1. The highest BCUT2D eigenvalue weighted by molar-refractivity contribution is 6.12. The molecule has 0 aliphatic carbocycles. The molecule has 0 bridgehead atoms. The van der Waals surface area contributed by atoms with Gasteiger partial charge in [-0.1, -0.05) is 36.4 Å². The number of hydrogen-bond donors (Lipinski definition) is 3. The molecule has 0 aliphatic heterocycles. The van der Waals surface area contributed by atoms with Gasteiger partial charge in [-0.05, 0) is 18.2 Å². The summed E-state index contributed by atoms with van der Waals surface area (Å²) in [6.45, 7) is 0. The number of guanidine groups is 1. The van der Waals surface area contributed by atoms with E-state index in [1.165, 1.54) is 16.8 Å². The van der Waals surface area contributed by atoms with Crippen LogP contribution in [0.4, 0.5) is 13.2 Å². The van der Waals surface area contributed by atoms with E-state index in [1.807, 2.05) is 0 Å². The Morgan fingerprint density at radius 2 is 1.70 bits per heavy atom. The monoisotopic (exact) mass is 433 g/mol. The molecule has 2 heterocycles. The van der Waals surface area contributed by atoms with E-state index >= 15 is 0 Å². The van der Waals surface area contributed by atoms with Gasteiger partial charge in [-0.25, -0.2) is 4.98 Å². The molecule has 2 aromatic carbocycles. The summed E-state index contributed by atoms with van der Waals surface area (Å²) in [5.74, 6) is -1.15. The number of para-hydroxylation sites is 2. The number of benzene rings is 2. The molecular formula is C20H15ClF3N5O. The first-order valence-electron chi connectivity index (χ1n) is 8.48. The first kappa shape index (κ1) is 21.1.